The standard InChI is InChI=1S/C13H24N4O/c1-9(2)17-12(11(14)10(3)16-17)15-13(4)5-7-18-8-6-13/h9,15H,5-8,14H2,1-4H3. The fourth-order valence-electron chi connectivity index (χ4n) is 2.29. The van der Waals surface area contributed by atoms with Gasteiger partial charge in [0.15, 0.2) is 0 Å². The molecule has 1 saturated heterocycles. The molecule has 5 heteroatoms. The lowest BCUT2D eigenvalue weighted by atomic mass is 9.92. The van der Waals surface area contributed by atoms with E-state index in [0.717, 1.165) is 43.3 Å². The molecule has 0 unspecified atom stereocenters. The first kappa shape index (κ1) is 13.2. The molecule has 1 aromatic heterocycles. The summed E-state index contributed by atoms with van der Waals surface area (Å²) in [6.45, 7) is 10.0. The number of hydrogen-bond acceptors (Lipinski definition) is 4. The summed E-state index contributed by atoms with van der Waals surface area (Å²) >= 11 is 0. The van der Waals surface area contributed by atoms with Crippen LogP contribution in [0.5, 0.6) is 0 Å². The molecule has 1 aliphatic rings. The van der Waals surface area contributed by atoms with Gasteiger partial charge in [0.05, 0.1) is 11.4 Å². The van der Waals surface area contributed by atoms with E-state index in [4.69, 9.17) is 10.5 Å². The first-order valence-corrected chi connectivity index (χ1v) is 6.63. The molecule has 3 N–H and O–H groups in total. The number of hydrogen-bond donors (Lipinski definition) is 2. The van der Waals surface area contributed by atoms with Crippen LogP contribution in [0, 0.1) is 6.92 Å². The fraction of sp³-hybridized carbons (Fsp3) is 0.769. The number of aromatic nitrogens is 2. The zero-order valence-electron chi connectivity index (χ0n) is 11.8. The minimum atomic E-state index is 0.0471. The SMILES string of the molecule is Cc1nn(C(C)C)c(NC2(C)CCOCC2)c1N. The number of nitrogens with two attached hydrogens (primary N) is 1. The molecule has 102 valence electrons. The molecule has 0 radical (unpaired) electrons. The summed E-state index contributed by atoms with van der Waals surface area (Å²) in [6, 6.07) is 0.298. The van der Waals surface area contributed by atoms with Crippen LogP contribution in [0.2, 0.25) is 0 Å². The van der Waals surface area contributed by atoms with E-state index in [0.29, 0.717) is 6.04 Å². The highest BCUT2D eigenvalue weighted by Crippen LogP contribution is 2.31. The molecule has 0 atom stereocenters. The normalized spacial score (nSPS) is 19.2. The van der Waals surface area contributed by atoms with Gasteiger partial charge in [0, 0.05) is 24.8 Å². The van der Waals surface area contributed by atoms with Gasteiger partial charge in [-0.15, -0.1) is 0 Å². The summed E-state index contributed by atoms with van der Waals surface area (Å²) in [6.07, 6.45) is 1.99. The van der Waals surface area contributed by atoms with Gasteiger partial charge in [0.25, 0.3) is 0 Å². The maximum Gasteiger partial charge on any atom is 0.148 e. The third kappa shape index (κ3) is 2.46. The quantitative estimate of drug-likeness (QED) is 0.866. The number of aryl methyl sites for hydroxylation is 1. The van der Waals surface area contributed by atoms with Crippen molar-refractivity contribution in [2.24, 2.45) is 0 Å². The second-order valence-electron chi connectivity index (χ2n) is 5.68. The molecule has 18 heavy (non-hydrogen) atoms. The van der Waals surface area contributed by atoms with E-state index >= 15 is 0 Å². The Labute approximate surface area is 109 Å². The van der Waals surface area contributed by atoms with Crippen LogP contribution >= 0.6 is 0 Å². The van der Waals surface area contributed by atoms with Gasteiger partial charge >= 0.3 is 0 Å². The van der Waals surface area contributed by atoms with E-state index in [1.807, 2.05) is 11.6 Å². The molecular formula is C13H24N4O. The summed E-state index contributed by atoms with van der Waals surface area (Å²) in [7, 11) is 0. The van der Waals surface area contributed by atoms with Crippen molar-refractivity contribution in [3.63, 3.8) is 0 Å². The highest BCUT2D eigenvalue weighted by Gasteiger charge is 2.29. The minimum absolute atomic E-state index is 0.0471. The zero-order chi connectivity index (χ0) is 13.3. The third-order valence-corrected chi connectivity index (χ3v) is 3.64. The lowest BCUT2D eigenvalue weighted by Crippen LogP contribution is -2.41. The zero-order valence-corrected chi connectivity index (χ0v) is 11.8. The number of ether oxygens (including phenoxy) is 1. The Morgan fingerprint density at radius 3 is 2.56 bits per heavy atom. The molecule has 1 fully saturated rings. The molecule has 0 saturated carbocycles. The number of anilines is 2. The van der Waals surface area contributed by atoms with Crippen molar-refractivity contribution in [2.45, 2.75) is 52.1 Å². The second kappa shape index (κ2) is 4.80. The molecule has 0 aromatic carbocycles. The lowest BCUT2D eigenvalue weighted by molar-refractivity contribution is 0.0655. The third-order valence-electron chi connectivity index (χ3n) is 3.64. The van der Waals surface area contributed by atoms with Gasteiger partial charge in [-0.05, 0) is 40.5 Å². The molecule has 0 spiro atoms. The van der Waals surface area contributed by atoms with Crippen molar-refractivity contribution >= 4 is 11.5 Å². The van der Waals surface area contributed by atoms with Crippen molar-refractivity contribution in [1.82, 2.24) is 9.78 Å². The van der Waals surface area contributed by atoms with E-state index in [1.54, 1.807) is 0 Å². The Balaban J connectivity index is 2.27. The maximum atomic E-state index is 6.14. The lowest BCUT2D eigenvalue weighted by Gasteiger charge is -2.35. The molecule has 0 amide bonds. The van der Waals surface area contributed by atoms with Crippen LogP contribution in [-0.4, -0.2) is 28.5 Å². The van der Waals surface area contributed by atoms with Gasteiger partial charge in [-0.3, -0.25) is 0 Å². The summed E-state index contributed by atoms with van der Waals surface area (Å²) < 4.78 is 7.40. The number of rotatable bonds is 3. The minimum Gasteiger partial charge on any atom is -0.394 e. The fourth-order valence-corrected chi connectivity index (χ4v) is 2.29. The molecule has 2 rings (SSSR count). The van der Waals surface area contributed by atoms with E-state index in [-0.39, 0.29) is 5.54 Å². The Hall–Kier alpha value is -1.23. The van der Waals surface area contributed by atoms with Crippen LogP contribution in [0.4, 0.5) is 11.5 Å². The van der Waals surface area contributed by atoms with Gasteiger partial charge in [-0.1, -0.05) is 0 Å². The van der Waals surface area contributed by atoms with Crippen molar-refractivity contribution in [1.29, 1.82) is 0 Å². The van der Waals surface area contributed by atoms with Crippen molar-refractivity contribution < 1.29 is 4.74 Å². The Kier molecular flexibility index (Phi) is 3.52. The van der Waals surface area contributed by atoms with Crippen LogP contribution in [0.25, 0.3) is 0 Å². The van der Waals surface area contributed by atoms with E-state index in [1.165, 1.54) is 0 Å². The molecule has 0 bridgehead atoms. The smallest absolute Gasteiger partial charge is 0.148 e. The number of nitrogen functional groups attached to an aromatic ring is 1. The van der Waals surface area contributed by atoms with Crippen LogP contribution in [0.3, 0.4) is 0 Å². The monoisotopic (exact) mass is 252 g/mol. The summed E-state index contributed by atoms with van der Waals surface area (Å²) in [4.78, 5) is 0. The highest BCUT2D eigenvalue weighted by molar-refractivity contribution is 5.65. The largest absolute Gasteiger partial charge is 0.394 e. The number of nitrogens with zero attached hydrogens (tertiary/aromatic N) is 2. The van der Waals surface area contributed by atoms with Gasteiger partial charge in [-0.25, -0.2) is 4.68 Å². The predicted octanol–water partition coefficient (Wildman–Crippen LogP) is 2.34. The summed E-state index contributed by atoms with van der Waals surface area (Å²) in [5, 5.41) is 8.10. The Morgan fingerprint density at radius 1 is 1.39 bits per heavy atom. The van der Waals surface area contributed by atoms with Crippen LogP contribution < -0.4 is 11.1 Å². The second-order valence-corrected chi connectivity index (χ2v) is 5.68. The van der Waals surface area contributed by atoms with Gasteiger partial charge < -0.3 is 15.8 Å². The molecular weight excluding hydrogens is 228 g/mol. The average molecular weight is 252 g/mol. The average Bonchev–Trinajstić information content (AvgIpc) is 2.58. The Morgan fingerprint density at radius 2 is 2.00 bits per heavy atom. The van der Waals surface area contributed by atoms with Crippen molar-refractivity contribution in [3.05, 3.63) is 5.69 Å². The molecule has 2 heterocycles. The first-order valence-electron chi connectivity index (χ1n) is 6.63. The van der Waals surface area contributed by atoms with E-state index in [9.17, 15) is 0 Å². The molecule has 1 aliphatic heterocycles. The number of nitrogens with one attached hydrogen (secondary N) is 1. The topological polar surface area (TPSA) is 65.1 Å². The maximum absolute atomic E-state index is 6.14. The van der Waals surface area contributed by atoms with Gasteiger partial charge in [0.1, 0.15) is 5.82 Å². The van der Waals surface area contributed by atoms with Gasteiger partial charge in [0.2, 0.25) is 0 Å². The highest BCUT2D eigenvalue weighted by atomic mass is 16.5. The molecule has 0 aliphatic carbocycles. The molecule has 5 nitrogen and oxygen atoms in total. The van der Waals surface area contributed by atoms with Gasteiger partial charge in [-0.2, -0.15) is 5.10 Å². The van der Waals surface area contributed by atoms with Crippen LogP contribution in [0.1, 0.15) is 45.3 Å². The summed E-state index contributed by atoms with van der Waals surface area (Å²) in [5.41, 5.74) is 7.84. The Bertz CT molecular complexity index is 419. The summed E-state index contributed by atoms with van der Waals surface area (Å²) in [5.74, 6) is 0.951. The van der Waals surface area contributed by atoms with Crippen LogP contribution in [-0.2, 0) is 4.74 Å². The van der Waals surface area contributed by atoms with Crippen molar-refractivity contribution in [2.75, 3.05) is 24.3 Å². The first-order chi connectivity index (χ1) is 8.43. The molecule has 1 aromatic rings. The van der Waals surface area contributed by atoms with E-state index < -0.39 is 0 Å². The van der Waals surface area contributed by atoms with Crippen molar-refractivity contribution in [3.8, 4) is 0 Å². The van der Waals surface area contributed by atoms with E-state index in [2.05, 4.69) is 31.2 Å². The predicted molar refractivity (Wildman–Crippen MR) is 73.8 cm³/mol. The van der Waals surface area contributed by atoms with Crippen LogP contribution in [0.15, 0.2) is 0 Å².